The van der Waals surface area contributed by atoms with Gasteiger partial charge in [-0.2, -0.15) is 0 Å². The maximum absolute atomic E-state index is 14.0. The molecule has 0 aliphatic heterocycles. The number of benzene rings is 2. The molecule has 0 bridgehead atoms. The number of carboxylic acids is 1. The van der Waals surface area contributed by atoms with Crippen molar-refractivity contribution >= 4 is 5.97 Å². The highest BCUT2D eigenvalue weighted by Gasteiger charge is 2.16. The molecule has 1 heterocycles. The Hall–Kier alpha value is -3.28. The second kappa shape index (κ2) is 7.09. The number of pyridine rings is 1. The molecule has 0 saturated carbocycles. The van der Waals surface area contributed by atoms with Gasteiger partial charge in [0.05, 0.1) is 5.56 Å². The molecule has 6 heteroatoms. The smallest absolute Gasteiger partial charge is 0.335 e. The van der Waals surface area contributed by atoms with Crippen LogP contribution >= 0.6 is 0 Å². The number of hydrogen-bond acceptors (Lipinski definition) is 3. The monoisotopic (exact) mass is 341 g/mol. The molecule has 0 aliphatic carbocycles. The Balaban J connectivity index is 1.82. The fourth-order valence-electron chi connectivity index (χ4n) is 2.28. The molecule has 126 valence electrons. The molecular formula is C19H13F2NO3. The standard InChI is InChI=1S/C19H13F2NO3/c20-16-9-14(19(23)24)8-15(18(16)21)13-6-7-17(22-10-13)25-11-12-4-2-1-3-5-12/h1-10H,11H2,(H,23,24). The molecule has 0 spiro atoms. The first-order valence-electron chi connectivity index (χ1n) is 7.40. The van der Waals surface area contributed by atoms with Crippen LogP contribution < -0.4 is 4.74 Å². The third kappa shape index (κ3) is 3.80. The normalized spacial score (nSPS) is 10.5. The molecule has 0 amide bonds. The van der Waals surface area contributed by atoms with Gasteiger partial charge in [0, 0.05) is 23.4 Å². The largest absolute Gasteiger partial charge is 0.478 e. The number of ether oxygens (including phenoxy) is 1. The summed E-state index contributed by atoms with van der Waals surface area (Å²) in [5, 5.41) is 8.97. The minimum absolute atomic E-state index is 0.167. The Morgan fingerprint density at radius 2 is 1.84 bits per heavy atom. The van der Waals surface area contributed by atoms with Crippen molar-refractivity contribution in [1.29, 1.82) is 0 Å². The summed E-state index contributed by atoms with van der Waals surface area (Å²) in [5.74, 6) is -3.36. The average Bonchev–Trinajstić information content (AvgIpc) is 2.63. The second-order valence-electron chi connectivity index (χ2n) is 5.28. The zero-order valence-electron chi connectivity index (χ0n) is 12.9. The van der Waals surface area contributed by atoms with Crippen molar-refractivity contribution in [3.05, 3.63) is 83.6 Å². The van der Waals surface area contributed by atoms with Gasteiger partial charge in [-0.1, -0.05) is 30.3 Å². The molecule has 1 aromatic heterocycles. The fraction of sp³-hybridized carbons (Fsp3) is 0.0526. The molecule has 0 unspecified atom stereocenters. The third-order valence-electron chi connectivity index (χ3n) is 3.55. The molecule has 0 atom stereocenters. The van der Waals surface area contributed by atoms with Crippen LogP contribution in [-0.2, 0) is 6.61 Å². The minimum Gasteiger partial charge on any atom is -0.478 e. The topological polar surface area (TPSA) is 59.4 Å². The molecule has 0 fully saturated rings. The summed E-state index contributed by atoms with van der Waals surface area (Å²) in [5.41, 5.74) is 0.722. The summed E-state index contributed by atoms with van der Waals surface area (Å²) < 4.78 is 33.1. The molecular weight excluding hydrogens is 328 g/mol. The summed E-state index contributed by atoms with van der Waals surface area (Å²) in [6, 6.07) is 14.2. The quantitative estimate of drug-likeness (QED) is 0.751. The van der Waals surface area contributed by atoms with E-state index in [0.29, 0.717) is 18.6 Å². The number of aromatic carboxylic acids is 1. The Morgan fingerprint density at radius 3 is 2.48 bits per heavy atom. The zero-order valence-corrected chi connectivity index (χ0v) is 12.9. The highest BCUT2D eigenvalue weighted by atomic mass is 19.2. The van der Waals surface area contributed by atoms with Crippen molar-refractivity contribution in [2.45, 2.75) is 6.61 Å². The van der Waals surface area contributed by atoms with Gasteiger partial charge in [0.25, 0.3) is 0 Å². The Labute approximate surface area is 142 Å². The van der Waals surface area contributed by atoms with Crippen molar-refractivity contribution in [2.75, 3.05) is 0 Å². The van der Waals surface area contributed by atoms with Crippen LogP contribution in [0.15, 0.2) is 60.8 Å². The molecule has 0 saturated heterocycles. The lowest BCUT2D eigenvalue weighted by Crippen LogP contribution is -2.01. The maximum Gasteiger partial charge on any atom is 0.335 e. The van der Waals surface area contributed by atoms with Crippen molar-refractivity contribution < 1.29 is 23.4 Å². The number of halogens is 2. The Bertz CT molecular complexity index is 897. The highest BCUT2D eigenvalue weighted by Crippen LogP contribution is 2.27. The van der Waals surface area contributed by atoms with Gasteiger partial charge < -0.3 is 9.84 Å². The van der Waals surface area contributed by atoms with Crippen LogP contribution in [-0.4, -0.2) is 16.1 Å². The van der Waals surface area contributed by atoms with E-state index < -0.39 is 17.6 Å². The van der Waals surface area contributed by atoms with Gasteiger partial charge in [-0.25, -0.2) is 18.6 Å². The van der Waals surface area contributed by atoms with E-state index in [1.807, 2.05) is 30.3 Å². The van der Waals surface area contributed by atoms with Crippen LogP contribution in [0.3, 0.4) is 0 Å². The predicted octanol–water partition coefficient (Wildman–Crippen LogP) is 4.30. The van der Waals surface area contributed by atoms with Gasteiger partial charge in [0.2, 0.25) is 5.88 Å². The van der Waals surface area contributed by atoms with E-state index in [0.717, 1.165) is 11.6 Å². The number of hydrogen-bond donors (Lipinski definition) is 1. The van der Waals surface area contributed by atoms with Crippen LogP contribution in [0.2, 0.25) is 0 Å². The summed E-state index contributed by atoms with van der Waals surface area (Å²) in [4.78, 5) is 15.1. The molecule has 3 aromatic rings. The molecule has 4 nitrogen and oxygen atoms in total. The Kier molecular flexibility index (Phi) is 4.70. The predicted molar refractivity (Wildman–Crippen MR) is 87.3 cm³/mol. The lowest BCUT2D eigenvalue weighted by molar-refractivity contribution is 0.0696. The van der Waals surface area contributed by atoms with E-state index >= 15 is 0 Å². The van der Waals surface area contributed by atoms with E-state index in [9.17, 15) is 13.6 Å². The Morgan fingerprint density at radius 1 is 1.08 bits per heavy atom. The van der Waals surface area contributed by atoms with E-state index in [2.05, 4.69) is 4.98 Å². The van der Waals surface area contributed by atoms with E-state index in [4.69, 9.17) is 9.84 Å². The second-order valence-corrected chi connectivity index (χ2v) is 5.28. The summed E-state index contributed by atoms with van der Waals surface area (Å²) >= 11 is 0. The van der Waals surface area contributed by atoms with Crippen molar-refractivity contribution in [2.24, 2.45) is 0 Å². The summed E-state index contributed by atoms with van der Waals surface area (Å²) in [6.07, 6.45) is 1.31. The molecule has 25 heavy (non-hydrogen) atoms. The van der Waals surface area contributed by atoms with Crippen molar-refractivity contribution in [3.8, 4) is 17.0 Å². The zero-order chi connectivity index (χ0) is 17.8. The lowest BCUT2D eigenvalue weighted by Gasteiger charge is -2.08. The van der Waals surface area contributed by atoms with Crippen molar-refractivity contribution in [1.82, 2.24) is 4.98 Å². The maximum atomic E-state index is 14.0. The molecule has 3 rings (SSSR count). The highest BCUT2D eigenvalue weighted by molar-refractivity contribution is 5.89. The van der Waals surface area contributed by atoms with Gasteiger partial charge in [-0.15, -0.1) is 0 Å². The number of rotatable bonds is 5. The van der Waals surface area contributed by atoms with Crippen molar-refractivity contribution in [3.63, 3.8) is 0 Å². The summed E-state index contributed by atoms with van der Waals surface area (Å²) in [6.45, 7) is 0.324. The number of nitrogens with zero attached hydrogens (tertiary/aromatic N) is 1. The molecule has 0 aliphatic rings. The summed E-state index contributed by atoms with van der Waals surface area (Å²) in [7, 11) is 0. The van der Waals surface area contributed by atoms with Gasteiger partial charge in [-0.05, 0) is 23.8 Å². The van der Waals surface area contributed by atoms with Crippen LogP contribution in [0.4, 0.5) is 8.78 Å². The molecule has 2 aromatic carbocycles. The lowest BCUT2D eigenvalue weighted by atomic mass is 10.0. The first kappa shape index (κ1) is 16.6. The molecule has 0 radical (unpaired) electrons. The van der Waals surface area contributed by atoms with E-state index in [-0.39, 0.29) is 16.7 Å². The number of carbonyl (C=O) groups is 1. The van der Waals surface area contributed by atoms with Gasteiger partial charge in [-0.3, -0.25) is 0 Å². The van der Waals surface area contributed by atoms with Crippen LogP contribution in [0.25, 0.3) is 11.1 Å². The first-order valence-corrected chi connectivity index (χ1v) is 7.40. The SMILES string of the molecule is O=C(O)c1cc(F)c(F)c(-c2ccc(OCc3ccccc3)nc2)c1. The average molecular weight is 341 g/mol. The number of carboxylic acid groups (broad SMARTS) is 1. The van der Waals surface area contributed by atoms with Crippen LogP contribution in [0, 0.1) is 11.6 Å². The van der Waals surface area contributed by atoms with Crippen LogP contribution in [0.5, 0.6) is 5.88 Å². The minimum atomic E-state index is -1.34. The molecule has 1 N–H and O–H groups in total. The van der Waals surface area contributed by atoms with E-state index in [1.165, 1.54) is 18.3 Å². The van der Waals surface area contributed by atoms with Gasteiger partial charge in [0.1, 0.15) is 6.61 Å². The first-order chi connectivity index (χ1) is 12.0. The third-order valence-corrected chi connectivity index (χ3v) is 3.55. The number of aromatic nitrogens is 1. The van der Waals surface area contributed by atoms with Crippen LogP contribution in [0.1, 0.15) is 15.9 Å². The van der Waals surface area contributed by atoms with Gasteiger partial charge >= 0.3 is 5.97 Å². The fourth-order valence-corrected chi connectivity index (χ4v) is 2.28. The van der Waals surface area contributed by atoms with Gasteiger partial charge in [0.15, 0.2) is 11.6 Å². The van der Waals surface area contributed by atoms with E-state index in [1.54, 1.807) is 0 Å².